The van der Waals surface area contributed by atoms with Gasteiger partial charge in [-0.2, -0.15) is 0 Å². The molecule has 37 heavy (non-hydrogen) atoms. The molecular formula is C30H27ClO6. The molecule has 6 nitrogen and oxygen atoms in total. The van der Waals surface area contributed by atoms with E-state index in [4.69, 9.17) is 30.5 Å². The van der Waals surface area contributed by atoms with Gasteiger partial charge in [0, 0.05) is 23.1 Å². The van der Waals surface area contributed by atoms with Gasteiger partial charge in [0.1, 0.15) is 28.7 Å². The second-order valence-electron chi connectivity index (χ2n) is 8.36. The predicted octanol–water partition coefficient (Wildman–Crippen LogP) is 7.36. The molecule has 4 aromatic carbocycles. The zero-order valence-electron chi connectivity index (χ0n) is 20.3. The number of halogens is 1. The second kappa shape index (κ2) is 12.2. The molecule has 0 bridgehead atoms. The maximum Gasteiger partial charge on any atom is 0.352 e. The van der Waals surface area contributed by atoms with Gasteiger partial charge >= 0.3 is 5.97 Å². The Hall–Kier alpha value is -4.16. The standard InChI is InChI=1S/C30H27ClO6/c1-30(29(32)33,37-28-10-5-9-27(21-28)36-26-7-3-2-4-8-26)22-11-15-24(16-12-22)34-19-6-20-35-25-17-13-23(31)14-18-25/h2-5,7-18,21H,6,19-20H2,1H3,(H,32,33). The van der Waals surface area contributed by atoms with Gasteiger partial charge in [-0.3, -0.25) is 0 Å². The Labute approximate surface area is 221 Å². The van der Waals surface area contributed by atoms with Crippen molar-refractivity contribution in [3.05, 3.63) is 114 Å². The summed E-state index contributed by atoms with van der Waals surface area (Å²) in [5, 5.41) is 10.7. The summed E-state index contributed by atoms with van der Waals surface area (Å²) in [4.78, 5) is 12.3. The van der Waals surface area contributed by atoms with E-state index in [1.54, 1.807) is 60.7 Å². The van der Waals surface area contributed by atoms with Crippen LogP contribution < -0.4 is 18.9 Å². The quantitative estimate of drug-likeness (QED) is 0.197. The van der Waals surface area contributed by atoms with Gasteiger partial charge in [0.05, 0.1) is 13.2 Å². The molecule has 1 atom stereocenters. The van der Waals surface area contributed by atoms with Gasteiger partial charge in [0.2, 0.25) is 5.60 Å². The second-order valence-corrected chi connectivity index (χ2v) is 8.80. The largest absolute Gasteiger partial charge is 0.493 e. The van der Waals surface area contributed by atoms with E-state index in [1.807, 2.05) is 42.5 Å². The summed E-state index contributed by atoms with van der Waals surface area (Å²) in [6.07, 6.45) is 0.682. The Bertz CT molecular complexity index is 1290. The third kappa shape index (κ3) is 7.18. The highest BCUT2D eigenvalue weighted by Crippen LogP contribution is 2.32. The van der Waals surface area contributed by atoms with Crippen LogP contribution in [0.2, 0.25) is 5.02 Å². The Morgan fingerprint density at radius 2 is 1.30 bits per heavy atom. The molecule has 0 saturated heterocycles. The fourth-order valence-corrected chi connectivity index (χ4v) is 3.65. The van der Waals surface area contributed by atoms with Crippen LogP contribution in [0.3, 0.4) is 0 Å². The summed E-state index contributed by atoms with van der Waals surface area (Å²) in [6.45, 7) is 2.47. The van der Waals surface area contributed by atoms with Crippen molar-refractivity contribution >= 4 is 17.6 Å². The summed E-state index contributed by atoms with van der Waals surface area (Å²) in [6, 6.07) is 30.3. The molecule has 0 saturated carbocycles. The van der Waals surface area contributed by atoms with Crippen molar-refractivity contribution < 1.29 is 28.8 Å². The number of para-hydroxylation sites is 1. The highest BCUT2D eigenvalue weighted by molar-refractivity contribution is 6.30. The Morgan fingerprint density at radius 1 is 0.730 bits per heavy atom. The van der Waals surface area contributed by atoms with Crippen LogP contribution in [0.25, 0.3) is 0 Å². The number of carboxylic acid groups (broad SMARTS) is 1. The molecule has 0 aliphatic rings. The molecule has 4 rings (SSSR count). The lowest BCUT2D eigenvalue weighted by Crippen LogP contribution is -2.38. The first-order valence-corrected chi connectivity index (χ1v) is 12.2. The Morgan fingerprint density at radius 3 is 1.92 bits per heavy atom. The third-order valence-electron chi connectivity index (χ3n) is 5.56. The average Bonchev–Trinajstić information content (AvgIpc) is 2.90. The summed E-state index contributed by atoms with van der Waals surface area (Å²) in [5.74, 6) is 1.85. The van der Waals surface area contributed by atoms with Crippen molar-refractivity contribution in [2.75, 3.05) is 13.2 Å². The van der Waals surface area contributed by atoms with Crippen LogP contribution in [0.5, 0.6) is 28.7 Å². The van der Waals surface area contributed by atoms with Gasteiger partial charge in [-0.25, -0.2) is 4.79 Å². The number of aliphatic carboxylic acids is 1. The molecular weight excluding hydrogens is 492 g/mol. The summed E-state index contributed by atoms with van der Waals surface area (Å²) < 4.78 is 23.3. The molecule has 0 fully saturated rings. The van der Waals surface area contributed by atoms with E-state index in [0.29, 0.717) is 53.2 Å². The van der Waals surface area contributed by atoms with Gasteiger partial charge < -0.3 is 24.1 Å². The molecule has 4 aromatic rings. The number of ether oxygens (including phenoxy) is 4. The van der Waals surface area contributed by atoms with E-state index in [9.17, 15) is 9.90 Å². The minimum Gasteiger partial charge on any atom is -0.493 e. The van der Waals surface area contributed by atoms with Crippen LogP contribution in [-0.2, 0) is 10.4 Å². The Balaban J connectivity index is 1.34. The van der Waals surface area contributed by atoms with Gasteiger partial charge in [-0.05, 0) is 67.6 Å². The van der Waals surface area contributed by atoms with E-state index >= 15 is 0 Å². The molecule has 1 unspecified atom stereocenters. The van der Waals surface area contributed by atoms with Gasteiger partial charge in [-0.15, -0.1) is 0 Å². The lowest BCUT2D eigenvalue weighted by atomic mass is 9.95. The van der Waals surface area contributed by atoms with Crippen molar-refractivity contribution in [1.82, 2.24) is 0 Å². The first-order valence-electron chi connectivity index (χ1n) is 11.8. The molecule has 0 aromatic heterocycles. The molecule has 7 heteroatoms. The van der Waals surface area contributed by atoms with Crippen molar-refractivity contribution in [3.63, 3.8) is 0 Å². The van der Waals surface area contributed by atoms with Crippen LogP contribution in [0, 0.1) is 0 Å². The van der Waals surface area contributed by atoms with Gasteiger partial charge in [0.25, 0.3) is 0 Å². The SMILES string of the molecule is CC(Oc1cccc(Oc2ccccc2)c1)(C(=O)O)c1ccc(OCCCOc2ccc(Cl)cc2)cc1. The highest BCUT2D eigenvalue weighted by Gasteiger charge is 2.38. The third-order valence-corrected chi connectivity index (χ3v) is 5.81. The van der Waals surface area contributed by atoms with Crippen molar-refractivity contribution in [1.29, 1.82) is 0 Å². The number of benzene rings is 4. The molecule has 0 amide bonds. The number of carboxylic acids is 1. The topological polar surface area (TPSA) is 74.2 Å². The lowest BCUT2D eigenvalue weighted by molar-refractivity contribution is -0.154. The van der Waals surface area contributed by atoms with Crippen LogP contribution in [0.4, 0.5) is 0 Å². The van der Waals surface area contributed by atoms with Crippen LogP contribution in [-0.4, -0.2) is 24.3 Å². The summed E-state index contributed by atoms with van der Waals surface area (Å²) in [7, 11) is 0. The molecule has 0 aliphatic heterocycles. The van der Waals surface area contributed by atoms with Crippen molar-refractivity contribution in [3.8, 4) is 28.7 Å². The van der Waals surface area contributed by atoms with E-state index < -0.39 is 11.6 Å². The number of rotatable bonds is 12. The number of hydrogen-bond acceptors (Lipinski definition) is 5. The normalized spacial score (nSPS) is 12.3. The lowest BCUT2D eigenvalue weighted by Gasteiger charge is -2.27. The molecule has 0 spiro atoms. The first kappa shape index (κ1) is 25.9. The number of hydrogen-bond donors (Lipinski definition) is 1. The highest BCUT2D eigenvalue weighted by atomic mass is 35.5. The zero-order chi connectivity index (χ0) is 26.1. The smallest absolute Gasteiger partial charge is 0.352 e. The molecule has 1 N–H and O–H groups in total. The molecule has 0 radical (unpaired) electrons. The van der Waals surface area contributed by atoms with Crippen molar-refractivity contribution in [2.24, 2.45) is 0 Å². The number of carbonyl (C=O) groups is 1. The molecule has 0 heterocycles. The summed E-state index contributed by atoms with van der Waals surface area (Å²) >= 11 is 5.87. The fourth-order valence-electron chi connectivity index (χ4n) is 3.53. The van der Waals surface area contributed by atoms with Crippen LogP contribution in [0.1, 0.15) is 18.9 Å². The Kier molecular flexibility index (Phi) is 8.54. The monoisotopic (exact) mass is 518 g/mol. The maximum atomic E-state index is 12.3. The first-order chi connectivity index (χ1) is 17.9. The molecule has 190 valence electrons. The fraction of sp³-hybridized carbons (Fsp3) is 0.167. The maximum absolute atomic E-state index is 12.3. The predicted molar refractivity (Wildman–Crippen MR) is 142 cm³/mol. The average molecular weight is 519 g/mol. The summed E-state index contributed by atoms with van der Waals surface area (Å²) in [5.41, 5.74) is -1.14. The minimum atomic E-state index is -1.61. The van der Waals surface area contributed by atoms with Crippen molar-refractivity contribution in [2.45, 2.75) is 18.9 Å². The molecule has 0 aliphatic carbocycles. The van der Waals surface area contributed by atoms with Gasteiger partial charge in [-0.1, -0.05) is 48.0 Å². The van der Waals surface area contributed by atoms with E-state index in [-0.39, 0.29) is 0 Å². The van der Waals surface area contributed by atoms with E-state index in [0.717, 1.165) is 5.75 Å². The van der Waals surface area contributed by atoms with Gasteiger partial charge in [0.15, 0.2) is 0 Å². The van der Waals surface area contributed by atoms with E-state index in [1.165, 1.54) is 6.92 Å². The van der Waals surface area contributed by atoms with E-state index in [2.05, 4.69) is 0 Å². The van der Waals surface area contributed by atoms with Crippen LogP contribution in [0.15, 0.2) is 103 Å². The zero-order valence-corrected chi connectivity index (χ0v) is 21.1. The minimum absolute atomic E-state index is 0.374. The van der Waals surface area contributed by atoms with Crippen LogP contribution >= 0.6 is 11.6 Å².